The second-order valence-electron chi connectivity index (χ2n) is 11.4. The molecule has 13 heteroatoms. The molecule has 4 rings (SSSR count). The van der Waals surface area contributed by atoms with Gasteiger partial charge in [-0.25, -0.2) is 14.8 Å². The topological polar surface area (TPSA) is 131 Å². The molecule has 0 bridgehead atoms. The Morgan fingerprint density at radius 1 is 1.16 bits per heavy atom. The van der Waals surface area contributed by atoms with Crippen LogP contribution in [0.15, 0.2) is 76.9 Å². The quantitative estimate of drug-likeness (QED) is 0.183. The summed E-state index contributed by atoms with van der Waals surface area (Å²) in [5.74, 6) is -0.264. The molecule has 44 heavy (non-hydrogen) atoms. The van der Waals surface area contributed by atoms with E-state index in [1.807, 2.05) is 11.4 Å². The normalized spacial score (nSPS) is 15.0. The molecule has 9 nitrogen and oxygen atoms in total. The number of amides is 2. The van der Waals surface area contributed by atoms with E-state index in [4.69, 9.17) is 10.5 Å². The number of allylic oxidation sites excluding steroid dienone is 1. The molecule has 0 spiro atoms. The van der Waals surface area contributed by atoms with Gasteiger partial charge in [-0.2, -0.15) is 13.2 Å². The minimum atomic E-state index is -4.87. The van der Waals surface area contributed by atoms with Gasteiger partial charge in [0.05, 0.1) is 11.7 Å². The molecule has 2 amide bonds. The van der Waals surface area contributed by atoms with Crippen LogP contribution in [0.2, 0.25) is 0 Å². The van der Waals surface area contributed by atoms with Crippen molar-refractivity contribution in [1.82, 2.24) is 15.6 Å². The van der Waals surface area contributed by atoms with E-state index < -0.39 is 35.2 Å². The van der Waals surface area contributed by atoms with Crippen molar-refractivity contribution in [2.45, 2.75) is 58.0 Å². The highest BCUT2D eigenvalue weighted by atomic mass is 32.1. The molecule has 1 aromatic heterocycles. The lowest BCUT2D eigenvalue weighted by Gasteiger charge is -2.19. The molecular weight excluding hydrogens is 593 g/mol. The number of halogens is 3. The Morgan fingerprint density at radius 3 is 2.57 bits per heavy atom. The van der Waals surface area contributed by atoms with E-state index in [1.54, 1.807) is 57.3 Å². The van der Waals surface area contributed by atoms with Gasteiger partial charge in [-0.05, 0) is 87.5 Å². The van der Waals surface area contributed by atoms with Crippen molar-refractivity contribution < 1.29 is 27.5 Å². The number of aromatic nitrogens is 1. The van der Waals surface area contributed by atoms with Gasteiger partial charge < -0.3 is 26.4 Å². The van der Waals surface area contributed by atoms with E-state index >= 15 is 0 Å². The first kappa shape index (κ1) is 32.7. The highest BCUT2D eigenvalue weighted by Gasteiger charge is 2.32. The summed E-state index contributed by atoms with van der Waals surface area (Å²) in [5.41, 5.74) is 4.55. The van der Waals surface area contributed by atoms with E-state index in [9.17, 15) is 22.8 Å². The van der Waals surface area contributed by atoms with Crippen LogP contribution in [0.1, 0.15) is 55.8 Å². The first-order valence-electron chi connectivity index (χ1n) is 14.0. The Morgan fingerprint density at radius 2 is 1.91 bits per heavy atom. The number of carbonyl (C=O) groups excluding carboxylic acids is 2. The fraction of sp³-hybridized carbons (Fsp3) is 0.355. The lowest BCUT2D eigenvalue weighted by Crippen LogP contribution is -2.32. The summed E-state index contributed by atoms with van der Waals surface area (Å²) in [6, 6.07) is 13.2. The molecule has 0 radical (unpaired) electrons. The van der Waals surface area contributed by atoms with Crippen molar-refractivity contribution in [2.75, 3.05) is 11.9 Å². The second kappa shape index (κ2) is 14.0. The average Bonchev–Trinajstić information content (AvgIpc) is 3.61. The van der Waals surface area contributed by atoms with Crippen LogP contribution >= 0.6 is 11.3 Å². The number of alkyl halides is 3. The van der Waals surface area contributed by atoms with Crippen molar-refractivity contribution in [3.8, 4) is 0 Å². The Labute approximate surface area is 257 Å². The number of hydrogen-bond donors (Lipinski definition) is 4. The van der Waals surface area contributed by atoms with Gasteiger partial charge >= 0.3 is 12.3 Å². The highest BCUT2D eigenvalue weighted by molar-refractivity contribution is 7.09. The number of rotatable bonds is 11. The summed E-state index contributed by atoms with van der Waals surface area (Å²) in [7, 11) is 0. The molecule has 1 heterocycles. The summed E-state index contributed by atoms with van der Waals surface area (Å²) in [6.45, 7) is 6.09. The van der Waals surface area contributed by atoms with E-state index in [1.165, 1.54) is 36.3 Å². The molecule has 2 aromatic carbocycles. The molecule has 1 aliphatic carbocycles. The molecule has 1 atom stereocenters. The van der Waals surface area contributed by atoms with Crippen LogP contribution in [-0.2, 0) is 16.1 Å². The third-order valence-corrected chi connectivity index (χ3v) is 7.17. The van der Waals surface area contributed by atoms with Crippen LogP contribution < -0.4 is 21.7 Å². The van der Waals surface area contributed by atoms with Crippen LogP contribution in [0, 0.1) is 5.92 Å². The molecule has 5 N–H and O–H groups in total. The van der Waals surface area contributed by atoms with Crippen LogP contribution in [0.25, 0.3) is 0 Å². The number of nitrogens with zero attached hydrogens (tertiary/aromatic N) is 2. The van der Waals surface area contributed by atoms with Crippen molar-refractivity contribution in [3.05, 3.63) is 88.0 Å². The Hall–Kier alpha value is -4.23. The van der Waals surface area contributed by atoms with Crippen LogP contribution in [-0.4, -0.2) is 41.0 Å². The minimum absolute atomic E-state index is 0.0716. The third kappa shape index (κ3) is 10.2. The zero-order valence-corrected chi connectivity index (χ0v) is 25.4. The standard InChI is InChI=1S/C31H35F3N6O3S/c1-30(2,3)43-29(42)38-18-20-6-4-8-22(14-20)39-24(16-25(35)31(32,33)34)27(41)40-23-9-5-7-21(15-23)26(28-36-12-13-44-28)37-17-19-10-11-19/h4-9,12-16,19,26,37H,10-11,17-18,35H2,1-3H3,(H,38,42)(H,40,41). The number of ether oxygens (including phenoxy) is 1. The van der Waals surface area contributed by atoms with E-state index in [2.05, 4.69) is 25.9 Å². The van der Waals surface area contributed by atoms with E-state index in [0.717, 1.165) is 17.1 Å². The number of carbonyl (C=O) groups is 2. The predicted molar refractivity (Wildman–Crippen MR) is 165 cm³/mol. The molecular formula is C31H35F3N6O3S. The molecule has 1 fully saturated rings. The monoisotopic (exact) mass is 628 g/mol. The number of hydrogen-bond acceptors (Lipinski definition) is 8. The van der Waals surface area contributed by atoms with Crippen LogP contribution in [0.4, 0.5) is 29.3 Å². The van der Waals surface area contributed by atoms with Crippen molar-refractivity contribution >= 4 is 40.4 Å². The molecule has 3 aromatic rings. The number of anilines is 1. The van der Waals surface area contributed by atoms with Gasteiger partial charge in [0.2, 0.25) is 0 Å². The largest absolute Gasteiger partial charge is 0.444 e. The number of benzene rings is 2. The summed E-state index contributed by atoms with van der Waals surface area (Å²) >= 11 is 1.50. The molecule has 1 saturated carbocycles. The molecule has 234 valence electrons. The third-order valence-electron chi connectivity index (χ3n) is 6.33. The summed E-state index contributed by atoms with van der Waals surface area (Å²) in [5, 5.41) is 11.5. The Balaban J connectivity index is 1.56. The van der Waals surface area contributed by atoms with Crippen molar-refractivity contribution in [3.63, 3.8) is 0 Å². The maximum atomic E-state index is 13.4. The molecule has 1 aliphatic rings. The first-order chi connectivity index (χ1) is 20.8. The van der Waals surface area contributed by atoms with Gasteiger partial charge in [0.25, 0.3) is 5.91 Å². The maximum Gasteiger partial charge on any atom is 0.430 e. The van der Waals surface area contributed by atoms with E-state index in [-0.39, 0.29) is 18.3 Å². The van der Waals surface area contributed by atoms with Gasteiger partial charge in [0, 0.05) is 23.8 Å². The molecule has 0 saturated heterocycles. The number of alkyl carbamates (subject to hydrolysis) is 1. The number of nitrogens with two attached hydrogens (primary N) is 1. The van der Waals surface area contributed by atoms with Gasteiger partial charge in [-0.3, -0.25) is 4.79 Å². The number of aliphatic imine (C=N–C) groups is 1. The maximum absolute atomic E-state index is 13.4. The lowest BCUT2D eigenvalue weighted by molar-refractivity contribution is -0.110. The highest BCUT2D eigenvalue weighted by Crippen LogP contribution is 2.31. The zero-order chi connectivity index (χ0) is 31.9. The molecule has 0 aliphatic heterocycles. The lowest BCUT2D eigenvalue weighted by atomic mass is 10.1. The first-order valence-corrected chi connectivity index (χ1v) is 14.9. The van der Waals surface area contributed by atoms with Gasteiger partial charge in [-0.1, -0.05) is 24.3 Å². The fourth-order valence-corrected chi connectivity index (χ4v) is 4.80. The van der Waals surface area contributed by atoms with Crippen LogP contribution in [0.5, 0.6) is 0 Å². The summed E-state index contributed by atoms with van der Waals surface area (Å²) < 4.78 is 45.3. The SMILES string of the molecule is CC(C)(C)OC(=O)NCc1cccc(N=C(C=C(N)C(F)(F)F)C(=O)Nc2cccc(C(NCC3CC3)c3nccs3)c2)c1. The van der Waals surface area contributed by atoms with Gasteiger partial charge in [0.15, 0.2) is 0 Å². The summed E-state index contributed by atoms with van der Waals surface area (Å²) in [4.78, 5) is 34.0. The van der Waals surface area contributed by atoms with Gasteiger partial charge in [-0.15, -0.1) is 11.3 Å². The second-order valence-corrected chi connectivity index (χ2v) is 12.3. The minimum Gasteiger partial charge on any atom is -0.444 e. The fourth-order valence-electron chi connectivity index (χ4n) is 4.06. The van der Waals surface area contributed by atoms with Crippen molar-refractivity contribution in [2.24, 2.45) is 16.6 Å². The zero-order valence-electron chi connectivity index (χ0n) is 24.6. The smallest absolute Gasteiger partial charge is 0.430 e. The van der Waals surface area contributed by atoms with E-state index in [0.29, 0.717) is 23.2 Å². The summed E-state index contributed by atoms with van der Waals surface area (Å²) in [6.07, 6.45) is -0.926. The van der Waals surface area contributed by atoms with Gasteiger partial charge in [0.1, 0.15) is 22.0 Å². The average molecular weight is 629 g/mol. The van der Waals surface area contributed by atoms with Crippen molar-refractivity contribution in [1.29, 1.82) is 0 Å². The number of nitrogens with one attached hydrogen (secondary N) is 3. The predicted octanol–water partition coefficient (Wildman–Crippen LogP) is 6.37. The molecule has 1 unspecified atom stereocenters. The number of thiazole rings is 1. The Kier molecular flexibility index (Phi) is 10.4. The Bertz CT molecular complexity index is 1510. The van der Waals surface area contributed by atoms with Crippen LogP contribution in [0.3, 0.4) is 0 Å².